The summed E-state index contributed by atoms with van der Waals surface area (Å²) in [7, 11) is 1.26. The highest BCUT2D eigenvalue weighted by molar-refractivity contribution is 5.92. The Morgan fingerprint density at radius 1 is 1.53 bits per heavy atom. The number of nitrogens with one attached hydrogen (secondary N) is 1. The number of nitroso groups, excluding NO2 is 1. The third-order valence-corrected chi connectivity index (χ3v) is 1.75. The number of anilines is 1. The molecule has 0 fully saturated rings. The van der Waals surface area contributed by atoms with E-state index in [0.717, 1.165) is 12.1 Å². The average molecular weight is 212 g/mol. The lowest BCUT2D eigenvalue weighted by molar-refractivity contribution is 0.0696. The SMILES string of the molecule is COc1cc(C(=O)O)cc(NO)c1N=O. The van der Waals surface area contributed by atoms with E-state index in [1.807, 2.05) is 0 Å². The normalized spacial score (nSPS) is 9.47. The third kappa shape index (κ3) is 2.02. The molecule has 1 aromatic rings. The number of ether oxygens (including phenoxy) is 1. The smallest absolute Gasteiger partial charge is 0.335 e. The molecule has 7 heteroatoms. The molecule has 1 aromatic carbocycles. The van der Waals surface area contributed by atoms with Gasteiger partial charge >= 0.3 is 5.97 Å². The molecule has 0 heterocycles. The van der Waals surface area contributed by atoms with Gasteiger partial charge in [0.05, 0.1) is 18.4 Å². The summed E-state index contributed by atoms with van der Waals surface area (Å²) in [5.74, 6) is -1.23. The van der Waals surface area contributed by atoms with Crippen LogP contribution in [0.2, 0.25) is 0 Å². The lowest BCUT2D eigenvalue weighted by Crippen LogP contribution is -2.00. The van der Waals surface area contributed by atoms with E-state index in [4.69, 9.17) is 15.1 Å². The van der Waals surface area contributed by atoms with Crippen LogP contribution in [-0.2, 0) is 0 Å². The molecule has 0 amide bonds. The number of methoxy groups -OCH3 is 1. The van der Waals surface area contributed by atoms with E-state index < -0.39 is 5.97 Å². The highest BCUT2D eigenvalue weighted by Gasteiger charge is 2.15. The predicted octanol–water partition coefficient (Wildman–Crippen LogP) is 1.59. The zero-order valence-electron chi connectivity index (χ0n) is 7.72. The van der Waals surface area contributed by atoms with Gasteiger partial charge in [0, 0.05) is 0 Å². The molecule has 0 radical (unpaired) electrons. The van der Waals surface area contributed by atoms with Crippen molar-refractivity contribution in [3.8, 4) is 5.75 Å². The van der Waals surface area contributed by atoms with Gasteiger partial charge in [-0.05, 0) is 17.3 Å². The molecule has 80 valence electrons. The van der Waals surface area contributed by atoms with Crippen LogP contribution in [0.3, 0.4) is 0 Å². The standard InChI is InChI=1S/C8H8N2O5/c1-15-6-3-4(8(11)12)2-5(9-13)7(6)10-14/h2-3,9,13H,1H3,(H,11,12). The van der Waals surface area contributed by atoms with E-state index in [0.29, 0.717) is 0 Å². The van der Waals surface area contributed by atoms with Gasteiger partial charge in [0.25, 0.3) is 0 Å². The number of nitrogens with zero attached hydrogens (tertiary/aromatic N) is 1. The van der Waals surface area contributed by atoms with Crippen molar-refractivity contribution in [2.45, 2.75) is 0 Å². The lowest BCUT2D eigenvalue weighted by atomic mass is 10.1. The number of hydrogen-bond acceptors (Lipinski definition) is 6. The number of aromatic carboxylic acids is 1. The second-order valence-electron chi connectivity index (χ2n) is 2.58. The summed E-state index contributed by atoms with van der Waals surface area (Å²) in [6.07, 6.45) is 0. The highest BCUT2D eigenvalue weighted by atomic mass is 16.5. The Labute approximate surface area is 84.2 Å². The lowest BCUT2D eigenvalue weighted by Gasteiger charge is -2.08. The molecule has 0 saturated carbocycles. The van der Waals surface area contributed by atoms with Crippen LogP contribution in [0.15, 0.2) is 17.3 Å². The Bertz CT molecular complexity index is 379. The molecule has 0 aromatic heterocycles. The molecule has 0 aliphatic carbocycles. The van der Waals surface area contributed by atoms with Crippen molar-refractivity contribution < 1.29 is 19.8 Å². The molecule has 0 spiro atoms. The fourth-order valence-electron chi connectivity index (χ4n) is 1.07. The maximum atomic E-state index is 10.7. The van der Waals surface area contributed by atoms with Crippen LogP contribution in [-0.4, -0.2) is 23.4 Å². The predicted molar refractivity (Wildman–Crippen MR) is 50.8 cm³/mol. The molecule has 0 aliphatic heterocycles. The van der Waals surface area contributed by atoms with Crippen LogP contribution in [0.5, 0.6) is 5.75 Å². The number of carbonyl (C=O) groups is 1. The minimum absolute atomic E-state index is 0.0264. The van der Waals surface area contributed by atoms with Gasteiger partial charge in [-0.15, -0.1) is 4.91 Å². The van der Waals surface area contributed by atoms with Gasteiger partial charge in [0.2, 0.25) is 0 Å². The van der Waals surface area contributed by atoms with Crippen LogP contribution >= 0.6 is 0 Å². The van der Waals surface area contributed by atoms with E-state index in [-0.39, 0.29) is 22.7 Å². The van der Waals surface area contributed by atoms with Crippen molar-refractivity contribution in [2.24, 2.45) is 5.18 Å². The van der Waals surface area contributed by atoms with Crippen LogP contribution in [0.25, 0.3) is 0 Å². The molecule has 3 N–H and O–H groups in total. The largest absolute Gasteiger partial charge is 0.494 e. The molecule has 0 bridgehead atoms. The zero-order chi connectivity index (χ0) is 11.4. The first-order valence-corrected chi connectivity index (χ1v) is 3.82. The van der Waals surface area contributed by atoms with Crippen LogP contribution in [0.4, 0.5) is 11.4 Å². The summed E-state index contributed by atoms with van der Waals surface area (Å²) in [6.45, 7) is 0. The van der Waals surface area contributed by atoms with Gasteiger partial charge in [0.1, 0.15) is 0 Å². The number of hydrogen-bond donors (Lipinski definition) is 3. The van der Waals surface area contributed by atoms with Gasteiger partial charge < -0.3 is 9.84 Å². The summed E-state index contributed by atoms with van der Waals surface area (Å²) in [5, 5.41) is 20.0. The highest BCUT2D eigenvalue weighted by Crippen LogP contribution is 2.36. The average Bonchev–Trinajstić information content (AvgIpc) is 2.26. The Morgan fingerprint density at radius 3 is 2.60 bits per heavy atom. The first kappa shape index (κ1) is 10.9. The third-order valence-electron chi connectivity index (χ3n) is 1.75. The van der Waals surface area contributed by atoms with Crippen LogP contribution in [0.1, 0.15) is 10.4 Å². The Hall–Kier alpha value is -2.15. The minimum Gasteiger partial charge on any atom is -0.494 e. The fourth-order valence-corrected chi connectivity index (χ4v) is 1.07. The van der Waals surface area contributed by atoms with Crippen molar-refractivity contribution >= 4 is 17.3 Å². The second-order valence-corrected chi connectivity index (χ2v) is 2.58. The molecular weight excluding hydrogens is 204 g/mol. The van der Waals surface area contributed by atoms with E-state index in [1.165, 1.54) is 7.11 Å². The maximum absolute atomic E-state index is 10.7. The monoisotopic (exact) mass is 212 g/mol. The first-order valence-electron chi connectivity index (χ1n) is 3.82. The van der Waals surface area contributed by atoms with E-state index in [1.54, 1.807) is 5.48 Å². The zero-order valence-corrected chi connectivity index (χ0v) is 7.72. The maximum Gasteiger partial charge on any atom is 0.335 e. The molecule has 0 aliphatic rings. The topological polar surface area (TPSA) is 108 Å². The number of carboxylic acids is 1. The summed E-state index contributed by atoms with van der Waals surface area (Å²) in [6, 6.07) is 2.21. The number of benzene rings is 1. The summed E-state index contributed by atoms with van der Waals surface area (Å²) in [5.41, 5.74) is 1.24. The van der Waals surface area contributed by atoms with Crippen molar-refractivity contribution in [3.05, 3.63) is 22.6 Å². The van der Waals surface area contributed by atoms with E-state index in [2.05, 4.69) is 5.18 Å². The summed E-state index contributed by atoms with van der Waals surface area (Å²) >= 11 is 0. The fraction of sp³-hybridized carbons (Fsp3) is 0.125. The Morgan fingerprint density at radius 2 is 2.20 bits per heavy atom. The Balaban J connectivity index is 3.41. The van der Waals surface area contributed by atoms with E-state index >= 15 is 0 Å². The second kappa shape index (κ2) is 4.38. The molecular formula is C8H8N2O5. The van der Waals surface area contributed by atoms with Gasteiger partial charge in [-0.2, -0.15) is 0 Å². The molecule has 1 rings (SSSR count). The molecule has 0 saturated heterocycles. The number of carboxylic acid groups (broad SMARTS) is 1. The first-order chi connectivity index (χ1) is 7.13. The van der Waals surface area contributed by atoms with Crippen molar-refractivity contribution in [2.75, 3.05) is 12.6 Å². The molecule has 15 heavy (non-hydrogen) atoms. The van der Waals surface area contributed by atoms with Gasteiger partial charge in [-0.25, -0.2) is 4.79 Å². The van der Waals surface area contributed by atoms with Crippen LogP contribution < -0.4 is 10.2 Å². The molecule has 0 unspecified atom stereocenters. The van der Waals surface area contributed by atoms with Gasteiger partial charge in [-0.1, -0.05) is 0 Å². The van der Waals surface area contributed by atoms with E-state index in [9.17, 15) is 9.70 Å². The van der Waals surface area contributed by atoms with Crippen LogP contribution in [0, 0.1) is 4.91 Å². The Kier molecular flexibility index (Phi) is 3.19. The van der Waals surface area contributed by atoms with Crippen molar-refractivity contribution in [3.63, 3.8) is 0 Å². The molecule has 7 nitrogen and oxygen atoms in total. The van der Waals surface area contributed by atoms with Crippen molar-refractivity contribution in [1.82, 2.24) is 0 Å². The summed E-state index contributed by atoms with van der Waals surface area (Å²) in [4.78, 5) is 21.1. The quantitative estimate of drug-likeness (QED) is 0.516. The summed E-state index contributed by atoms with van der Waals surface area (Å²) < 4.78 is 4.76. The van der Waals surface area contributed by atoms with Gasteiger partial charge in [0.15, 0.2) is 11.4 Å². The minimum atomic E-state index is -1.21. The molecule has 0 atom stereocenters. The van der Waals surface area contributed by atoms with Crippen molar-refractivity contribution in [1.29, 1.82) is 0 Å². The number of rotatable bonds is 4. The van der Waals surface area contributed by atoms with Gasteiger partial charge in [-0.3, -0.25) is 10.7 Å².